The second kappa shape index (κ2) is 7.83. The highest BCUT2D eigenvalue weighted by Crippen LogP contribution is 2.20. The molecule has 1 unspecified atom stereocenters. The molecule has 1 N–H and O–H groups in total. The van der Waals surface area contributed by atoms with Crippen LogP contribution >= 0.6 is 0 Å². The van der Waals surface area contributed by atoms with Gasteiger partial charge in [0.05, 0.1) is 7.11 Å². The number of carbonyl (C=O) groups excluding carboxylic acids is 2. The number of methoxy groups -OCH3 is 1. The van der Waals surface area contributed by atoms with Gasteiger partial charge in [-0.1, -0.05) is 36.4 Å². The maximum absolute atomic E-state index is 12.3. The third-order valence-electron chi connectivity index (χ3n) is 4.39. The second-order valence-electron chi connectivity index (χ2n) is 6.27. The zero-order valence-electron chi connectivity index (χ0n) is 14.3. The van der Waals surface area contributed by atoms with E-state index >= 15 is 0 Å². The first-order valence-electron chi connectivity index (χ1n) is 8.39. The van der Waals surface area contributed by atoms with Crippen LogP contribution in [0, 0.1) is 5.92 Å². The van der Waals surface area contributed by atoms with Crippen molar-refractivity contribution in [3.8, 4) is 5.75 Å². The summed E-state index contributed by atoms with van der Waals surface area (Å²) in [5, 5.41) is 2.92. The zero-order chi connectivity index (χ0) is 17.6. The summed E-state index contributed by atoms with van der Waals surface area (Å²) in [6.45, 7) is 1.79. The van der Waals surface area contributed by atoms with Crippen LogP contribution in [-0.2, 0) is 11.3 Å². The highest BCUT2D eigenvalue weighted by molar-refractivity contribution is 5.94. The molecule has 1 aliphatic rings. The average Bonchev–Trinajstić information content (AvgIpc) is 3.00. The highest BCUT2D eigenvalue weighted by atomic mass is 16.5. The molecular formula is C20H22N2O3. The number of benzene rings is 2. The Hall–Kier alpha value is -2.82. The first kappa shape index (κ1) is 17.0. The molecule has 1 heterocycles. The van der Waals surface area contributed by atoms with Crippen LogP contribution in [0.1, 0.15) is 22.3 Å². The van der Waals surface area contributed by atoms with Crippen LogP contribution in [0.5, 0.6) is 5.75 Å². The van der Waals surface area contributed by atoms with Gasteiger partial charge in [-0.15, -0.1) is 0 Å². The first-order chi connectivity index (χ1) is 12.2. The second-order valence-corrected chi connectivity index (χ2v) is 6.27. The molecule has 130 valence electrons. The molecule has 1 atom stereocenters. The van der Waals surface area contributed by atoms with Gasteiger partial charge in [-0.3, -0.25) is 9.59 Å². The van der Waals surface area contributed by atoms with E-state index in [0.29, 0.717) is 37.4 Å². The van der Waals surface area contributed by atoms with E-state index < -0.39 is 0 Å². The average molecular weight is 338 g/mol. The fourth-order valence-electron chi connectivity index (χ4n) is 3.05. The van der Waals surface area contributed by atoms with Gasteiger partial charge in [0.1, 0.15) is 5.75 Å². The Morgan fingerprint density at radius 3 is 2.76 bits per heavy atom. The third-order valence-corrected chi connectivity index (χ3v) is 4.39. The minimum absolute atomic E-state index is 0.143. The number of nitrogens with zero attached hydrogens (tertiary/aromatic N) is 1. The number of rotatable bonds is 6. The van der Waals surface area contributed by atoms with E-state index in [9.17, 15) is 9.59 Å². The lowest BCUT2D eigenvalue weighted by Gasteiger charge is -2.17. The van der Waals surface area contributed by atoms with Gasteiger partial charge in [0.25, 0.3) is 5.91 Å². The topological polar surface area (TPSA) is 58.6 Å². The molecule has 3 rings (SSSR count). The Morgan fingerprint density at radius 2 is 2.00 bits per heavy atom. The lowest BCUT2D eigenvalue weighted by Crippen LogP contribution is -2.31. The number of amides is 2. The minimum atomic E-state index is -0.146. The monoisotopic (exact) mass is 338 g/mol. The van der Waals surface area contributed by atoms with Crippen LogP contribution in [0.3, 0.4) is 0 Å². The zero-order valence-corrected chi connectivity index (χ0v) is 14.3. The molecule has 0 radical (unpaired) electrons. The maximum atomic E-state index is 12.3. The fraction of sp³-hybridized carbons (Fsp3) is 0.300. The predicted octanol–water partition coefficient (Wildman–Crippen LogP) is 2.47. The highest BCUT2D eigenvalue weighted by Gasteiger charge is 2.29. The Labute approximate surface area is 147 Å². The van der Waals surface area contributed by atoms with Crippen LogP contribution in [0.4, 0.5) is 0 Å². The molecule has 0 aliphatic carbocycles. The van der Waals surface area contributed by atoms with E-state index in [0.717, 1.165) is 5.56 Å². The van der Waals surface area contributed by atoms with Crippen molar-refractivity contribution in [3.63, 3.8) is 0 Å². The number of carbonyl (C=O) groups is 2. The molecule has 0 bridgehead atoms. The van der Waals surface area contributed by atoms with Gasteiger partial charge in [-0.05, 0) is 23.8 Å². The minimum Gasteiger partial charge on any atom is -0.497 e. The summed E-state index contributed by atoms with van der Waals surface area (Å²) >= 11 is 0. The quantitative estimate of drug-likeness (QED) is 0.880. The van der Waals surface area contributed by atoms with Crippen molar-refractivity contribution in [2.75, 3.05) is 20.2 Å². The number of hydrogen-bond donors (Lipinski definition) is 1. The molecule has 1 fully saturated rings. The molecule has 2 amide bonds. The summed E-state index contributed by atoms with van der Waals surface area (Å²) in [5.41, 5.74) is 1.68. The summed E-state index contributed by atoms with van der Waals surface area (Å²) in [4.78, 5) is 26.3. The fourth-order valence-corrected chi connectivity index (χ4v) is 3.05. The van der Waals surface area contributed by atoms with Gasteiger partial charge in [0, 0.05) is 37.5 Å². The number of ether oxygens (including phenoxy) is 1. The molecule has 0 spiro atoms. The summed E-state index contributed by atoms with van der Waals surface area (Å²) < 4.78 is 5.14. The molecule has 25 heavy (non-hydrogen) atoms. The molecular weight excluding hydrogens is 316 g/mol. The van der Waals surface area contributed by atoms with Gasteiger partial charge < -0.3 is 15.0 Å². The van der Waals surface area contributed by atoms with E-state index in [1.165, 1.54) is 0 Å². The van der Waals surface area contributed by atoms with E-state index in [4.69, 9.17) is 4.74 Å². The maximum Gasteiger partial charge on any atom is 0.251 e. The smallest absolute Gasteiger partial charge is 0.251 e. The largest absolute Gasteiger partial charge is 0.497 e. The van der Waals surface area contributed by atoms with Crippen LogP contribution in [0.15, 0.2) is 54.6 Å². The lowest BCUT2D eigenvalue weighted by molar-refractivity contribution is -0.128. The predicted molar refractivity (Wildman–Crippen MR) is 95.3 cm³/mol. The van der Waals surface area contributed by atoms with E-state index in [1.54, 1.807) is 31.4 Å². The Kier molecular flexibility index (Phi) is 5.33. The Bertz CT molecular complexity index is 746. The summed E-state index contributed by atoms with van der Waals surface area (Å²) in [5.74, 6) is 0.792. The van der Waals surface area contributed by atoms with Crippen molar-refractivity contribution < 1.29 is 14.3 Å². The molecule has 1 aliphatic heterocycles. The first-order valence-corrected chi connectivity index (χ1v) is 8.39. The molecule has 2 aromatic rings. The van der Waals surface area contributed by atoms with Crippen LogP contribution < -0.4 is 10.1 Å². The van der Waals surface area contributed by atoms with Crippen LogP contribution in [0.2, 0.25) is 0 Å². The van der Waals surface area contributed by atoms with Gasteiger partial charge in [0.2, 0.25) is 5.91 Å². The van der Waals surface area contributed by atoms with Crippen molar-refractivity contribution in [2.24, 2.45) is 5.92 Å². The van der Waals surface area contributed by atoms with Gasteiger partial charge in [0.15, 0.2) is 0 Å². The summed E-state index contributed by atoms with van der Waals surface area (Å²) in [7, 11) is 1.57. The molecule has 0 saturated carbocycles. The van der Waals surface area contributed by atoms with Crippen LogP contribution in [0.25, 0.3) is 0 Å². The standard InChI is InChI=1S/C20H22N2O3/c1-25-18-9-5-8-17(11-18)20(24)21-12-16-10-19(23)22(14-16)13-15-6-3-2-4-7-15/h2-9,11,16H,10,12-14H2,1H3,(H,21,24). The molecule has 1 saturated heterocycles. The molecule has 5 nitrogen and oxygen atoms in total. The molecule has 0 aromatic heterocycles. The molecule has 5 heteroatoms. The number of nitrogens with one attached hydrogen (secondary N) is 1. The van der Waals surface area contributed by atoms with Crippen molar-refractivity contribution in [1.29, 1.82) is 0 Å². The third kappa shape index (κ3) is 4.38. The van der Waals surface area contributed by atoms with Gasteiger partial charge in [-0.2, -0.15) is 0 Å². The summed E-state index contributed by atoms with van der Waals surface area (Å²) in [6, 6.07) is 17.0. The van der Waals surface area contributed by atoms with E-state index in [1.807, 2.05) is 35.2 Å². The van der Waals surface area contributed by atoms with Crippen LogP contribution in [-0.4, -0.2) is 36.9 Å². The van der Waals surface area contributed by atoms with Crippen molar-refractivity contribution >= 4 is 11.8 Å². The van der Waals surface area contributed by atoms with Gasteiger partial charge in [-0.25, -0.2) is 0 Å². The van der Waals surface area contributed by atoms with Crippen molar-refractivity contribution in [3.05, 3.63) is 65.7 Å². The summed E-state index contributed by atoms with van der Waals surface area (Å²) in [6.07, 6.45) is 0.477. The van der Waals surface area contributed by atoms with E-state index in [2.05, 4.69) is 5.32 Å². The normalized spacial score (nSPS) is 16.8. The van der Waals surface area contributed by atoms with Crippen molar-refractivity contribution in [1.82, 2.24) is 10.2 Å². The Balaban J connectivity index is 1.52. The number of likely N-dealkylation sites (tertiary alicyclic amines) is 1. The van der Waals surface area contributed by atoms with Crippen molar-refractivity contribution in [2.45, 2.75) is 13.0 Å². The number of hydrogen-bond acceptors (Lipinski definition) is 3. The lowest BCUT2D eigenvalue weighted by atomic mass is 10.1. The van der Waals surface area contributed by atoms with E-state index in [-0.39, 0.29) is 17.7 Å². The molecule has 2 aromatic carbocycles. The van der Waals surface area contributed by atoms with Gasteiger partial charge >= 0.3 is 0 Å². The SMILES string of the molecule is COc1cccc(C(=O)NCC2CC(=O)N(Cc3ccccc3)C2)c1. The Morgan fingerprint density at radius 1 is 1.20 bits per heavy atom.